The lowest BCUT2D eigenvalue weighted by atomic mass is 9.92. The Morgan fingerprint density at radius 3 is 2.50 bits per heavy atom. The molecule has 106 valence electrons. The molecular weight excluding hydrogens is 274 g/mol. The number of benzene rings is 1. The van der Waals surface area contributed by atoms with Gasteiger partial charge in [0.2, 0.25) is 5.13 Å². The number of aliphatic carboxylic acids is 1. The summed E-state index contributed by atoms with van der Waals surface area (Å²) in [6.07, 6.45) is 0. The fraction of sp³-hybridized carbons (Fsp3) is 0.357. The molecule has 0 aliphatic carbocycles. The molecule has 2 rings (SSSR count). The van der Waals surface area contributed by atoms with Crippen molar-refractivity contribution in [2.24, 2.45) is 0 Å². The fourth-order valence-corrected chi connectivity index (χ4v) is 2.57. The van der Waals surface area contributed by atoms with E-state index in [-0.39, 0.29) is 5.92 Å². The van der Waals surface area contributed by atoms with Crippen molar-refractivity contribution in [3.8, 4) is 0 Å². The van der Waals surface area contributed by atoms with Gasteiger partial charge >= 0.3 is 5.97 Å². The number of hydrogen-bond donors (Lipinski definition) is 2. The highest BCUT2D eigenvalue weighted by atomic mass is 32.1. The minimum absolute atomic E-state index is 0.217. The SMILES string of the molecule is CC(C)c1nsc(NC(C)(C(=O)O)c2ccccc2)n1. The molecule has 0 bridgehead atoms. The summed E-state index contributed by atoms with van der Waals surface area (Å²) >= 11 is 1.18. The summed E-state index contributed by atoms with van der Waals surface area (Å²) in [5.74, 6) is -0.0158. The molecule has 0 saturated heterocycles. The Labute approximate surface area is 121 Å². The molecule has 0 saturated carbocycles. The Kier molecular flexibility index (Phi) is 4.04. The minimum atomic E-state index is -1.23. The van der Waals surface area contributed by atoms with E-state index in [2.05, 4.69) is 14.7 Å². The van der Waals surface area contributed by atoms with Crippen LogP contribution in [-0.4, -0.2) is 20.4 Å². The van der Waals surface area contributed by atoms with Crippen LogP contribution in [0.3, 0.4) is 0 Å². The van der Waals surface area contributed by atoms with Crippen LogP contribution in [0.25, 0.3) is 0 Å². The third-order valence-corrected chi connectivity index (χ3v) is 3.74. The van der Waals surface area contributed by atoms with E-state index in [4.69, 9.17) is 0 Å². The van der Waals surface area contributed by atoms with E-state index in [9.17, 15) is 9.90 Å². The molecule has 5 nitrogen and oxygen atoms in total. The standard InChI is InChI=1S/C14H17N3O2S/c1-9(2)11-15-13(20-17-11)16-14(3,12(18)19)10-7-5-4-6-8-10/h4-9H,1-3H3,(H,18,19)(H,15,16,17). The van der Waals surface area contributed by atoms with Crippen molar-refractivity contribution in [3.63, 3.8) is 0 Å². The Morgan fingerprint density at radius 2 is 2.00 bits per heavy atom. The van der Waals surface area contributed by atoms with Gasteiger partial charge in [0.15, 0.2) is 5.54 Å². The molecule has 0 amide bonds. The van der Waals surface area contributed by atoms with Gasteiger partial charge in [0.05, 0.1) is 0 Å². The highest BCUT2D eigenvalue weighted by Crippen LogP contribution is 2.28. The summed E-state index contributed by atoms with van der Waals surface area (Å²) < 4.78 is 4.23. The van der Waals surface area contributed by atoms with Crippen molar-refractivity contribution in [2.45, 2.75) is 32.2 Å². The Bertz CT molecular complexity index is 597. The molecule has 0 radical (unpaired) electrons. The molecule has 20 heavy (non-hydrogen) atoms. The number of nitrogens with one attached hydrogen (secondary N) is 1. The highest BCUT2D eigenvalue weighted by molar-refractivity contribution is 7.09. The van der Waals surface area contributed by atoms with Crippen LogP contribution >= 0.6 is 11.5 Å². The van der Waals surface area contributed by atoms with Crippen LogP contribution in [0.4, 0.5) is 5.13 Å². The lowest BCUT2D eigenvalue weighted by Gasteiger charge is -2.26. The van der Waals surface area contributed by atoms with Gasteiger partial charge in [-0.1, -0.05) is 44.2 Å². The van der Waals surface area contributed by atoms with Gasteiger partial charge in [-0.3, -0.25) is 0 Å². The van der Waals surface area contributed by atoms with Gasteiger partial charge in [-0.25, -0.2) is 9.78 Å². The molecule has 1 heterocycles. The zero-order valence-corrected chi connectivity index (χ0v) is 12.4. The number of anilines is 1. The monoisotopic (exact) mass is 291 g/mol. The molecule has 0 fully saturated rings. The molecule has 0 aliphatic rings. The third kappa shape index (κ3) is 2.80. The van der Waals surface area contributed by atoms with Crippen molar-refractivity contribution in [3.05, 3.63) is 41.7 Å². The lowest BCUT2D eigenvalue weighted by Crippen LogP contribution is -2.40. The van der Waals surface area contributed by atoms with Gasteiger partial charge in [-0.15, -0.1) is 0 Å². The Hall–Kier alpha value is -1.95. The van der Waals surface area contributed by atoms with Crippen LogP contribution in [0.2, 0.25) is 0 Å². The number of hydrogen-bond acceptors (Lipinski definition) is 5. The number of rotatable bonds is 5. The van der Waals surface area contributed by atoms with E-state index in [1.165, 1.54) is 11.5 Å². The van der Waals surface area contributed by atoms with Crippen LogP contribution in [0.1, 0.15) is 38.1 Å². The van der Waals surface area contributed by atoms with E-state index < -0.39 is 11.5 Å². The maximum absolute atomic E-state index is 11.7. The van der Waals surface area contributed by atoms with Crippen molar-refractivity contribution < 1.29 is 9.90 Å². The summed E-state index contributed by atoms with van der Waals surface area (Å²) in [6, 6.07) is 9.06. The van der Waals surface area contributed by atoms with E-state index in [1.54, 1.807) is 19.1 Å². The topological polar surface area (TPSA) is 75.1 Å². The molecule has 6 heteroatoms. The molecule has 1 aromatic carbocycles. The number of nitrogens with zero attached hydrogens (tertiary/aromatic N) is 2. The maximum atomic E-state index is 11.7. The number of carboxylic acid groups (broad SMARTS) is 1. The maximum Gasteiger partial charge on any atom is 0.333 e. The van der Waals surface area contributed by atoms with Gasteiger partial charge in [0.25, 0.3) is 0 Å². The molecule has 1 aromatic heterocycles. The molecule has 2 N–H and O–H groups in total. The fourth-order valence-electron chi connectivity index (χ4n) is 1.75. The summed E-state index contributed by atoms with van der Waals surface area (Å²) in [7, 11) is 0. The van der Waals surface area contributed by atoms with Crippen LogP contribution in [0, 0.1) is 0 Å². The Morgan fingerprint density at radius 1 is 1.35 bits per heavy atom. The molecule has 0 aliphatic heterocycles. The predicted octanol–water partition coefficient (Wildman–Crippen LogP) is 3.07. The zero-order chi connectivity index (χ0) is 14.8. The number of carbonyl (C=O) groups is 1. The quantitative estimate of drug-likeness (QED) is 0.885. The van der Waals surface area contributed by atoms with Crippen molar-refractivity contribution in [1.29, 1.82) is 0 Å². The van der Waals surface area contributed by atoms with E-state index in [1.807, 2.05) is 32.0 Å². The van der Waals surface area contributed by atoms with Crippen molar-refractivity contribution >= 4 is 22.6 Å². The van der Waals surface area contributed by atoms with Crippen molar-refractivity contribution in [2.75, 3.05) is 5.32 Å². The molecule has 1 unspecified atom stereocenters. The first-order valence-electron chi connectivity index (χ1n) is 6.34. The molecular formula is C14H17N3O2S. The van der Waals surface area contributed by atoms with Crippen LogP contribution < -0.4 is 5.32 Å². The molecule has 0 spiro atoms. The molecule has 1 atom stereocenters. The van der Waals surface area contributed by atoms with Crippen LogP contribution in [-0.2, 0) is 10.3 Å². The summed E-state index contributed by atoms with van der Waals surface area (Å²) in [4.78, 5) is 16.0. The first-order chi connectivity index (χ1) is 9.43. The second-order valence-electron chi connectivity index (χ2n) is 5.03. The zero-order valence-electron chi connectivity index (χ0n) is 11.6. The molecule has 2 aromatic rings. The summed E-state index contributed by atoms with van der Waals surface area (Å²) in [5, 5.41) is 13.1. The smallest absolute Gasteiger partial charge is 0.333 e. The normalized spacial score (nSPS) is 14.0. The summed E-state index contributed by atoms with van der Waals surface area (Å²) in [6.45, 7) is 5.62. The summed E-state index contributed by atoms with van der Waals surface area (Å²) in [5.41, 5.74) is -0.552. The Balaban J connectivity index is 2.32. The van der Waals surface area contributed by atoms with Gasteiger partial charge in [0.1, 0.15) is 5.82 Å². The van der Waals surface area contributed by atoms with Gasteiger partial charge < -0.3 is 10.4 Å². The minimum Gasteiger partial charge on any atom is -0.479 e. The second-order valence-corrected chi connectivity index (χ2v) is 5.79. The van der Waals surface area contributed by atoms with Crippen LogP contribution in [0.15, 0.2) is 30.3 Å². The third-order valence-electron chi connectivity index (χ3n) is 3.09. The first-order valence-corrected chi connectivity index (χ1v) is 7.11. The van der Waals surface area contributed by atoms with E-state index >= 15 is 0 Å². The van der Waals surface area contributed by atoms with Crippen LogP contribution in [0.5, 0.6) is 0 Å². The second kappa shape index (κ2) is 5.58. The van der Waals surface area contributed by atoms with Gasteiger partial charge in [-0.2, -0.15) is 4.37 Å². The largest absolute Gasteiger partial charge is 0.479 e. The highest BCUT2D eigenvalue weighted by Gasteiger charge is 2.36. The number of carboxylic acids is 1. The van der Waals surface area contributed by atoms with Crippen molar-refractivity contribution in [1.82, 2.24) is 9.36 Å². The lowest BCUT2D eigenvalue weighted by molar-refractivity contribution is -0.142. The average molecular weight is 291 g/mol. The van der Waals surface area contributed by atoms with E-state index in [0.29, 0.717) is 10.7 Å². The average Bonchev–Trinajstić information content (AvgIpc) is 2.88. The first kappa shape index (κ1) is 14.5. The predicted molar refractivity (Wildman–Crippen MR) is 79.1 cm³/mol. The van der Waals surface area contributed by atoms with Gasteiger partial charge in [-0.05, 0) is 12.5 Å². The van der Waals surface area contributed by atoms with Gasteiger partial charge in [0, 0.05) is 17.5 Å². The number of aromatic nitrogens is 2. The van der Waals surface area contributed by atoms with E-state index in [0.717, 1.165) is 5.82 Å².